The maximum Gasteiger partial charge on any atom is 0.266 e. The van der Waals surface area contributed by atoms with Crippen molar-refractivity contribution in [3.8, 4) is 5.75 Å². The predicted molar refractivity (Wildman–Crippen MR) is 113 cm³/mol. The number of rotatable bonds is 4. The van der Waals surface area contributed by atoms with Crippen LogP contribution >= 0.6 is 0 Å². The highest BCUT2D eigenvalue weighted by molar-refractivity contribution is 6.00. The quantitative estimate of drug-likeness (QED) is 0.736. The Labute approximate surface area is 179 Å². The van der Waals surface area contributed by atoms with Crippen LogP contribution in [0.2, 0.25) is 0 Å². The zero-order valence-corrected chi connectivity index (χ0v) is 17.4. The van der Waals surface area contributed by atoms with Gasteiger partial charge >= 0.3 is 0 Å². The van der Waals surface area contributed by atoms with Crippen molar-refractivity contribution >= 4 is 29.2 Å². The van der Waals surface area contributed by atoms with Gasteiger partial charge in [0.1, 0.15) is 5.75 Å². The largest absolute Gasteiger partial charge is 0.478 e. The molecule has 2 aromatic rings. The smallest absolute Gasteiger partial charge is 0.266 e. The lowest BCUT2D eigenvalue weighted by Gasteiger charge is -2.36. The highest BCUT2D eigenvalue weighted by Gasteiger charge is 2.33. The third-order valence-corrected chi connectivity index (χ3v) is 5.68. The molecule has 0 saturated carbocycles. The van der Waals surface area contributed by atoms with Crippen LogP contribution in [0.25, 0.3) is 0 Å². The second-order valence-electron chi connectivity index (χ2n) is 7.64. The topological polar surface area (TPSA) is 131 Å². The number of ether oxygens (including phenoxy) is 1. The fourth-order valence-corrected chi connectivity index (χ4v) is 3.79. The van der Waals surface area contributed by atoms with E-state index in [4.69, 9.17) is 10.5 Å². The molecule has 2 aliphatic heterocycles. The van der Waals surface area contributed by atoms with Crippen molar-refractivity contribution in [1.82, 2.24) is 15.1 Å². The summed E-state index contributed by atoms with van der Waals surface area (Å²) in [5, 5.41) is 11.1. The molecule has 4 rings (SSSR count). The molecule has 1 atom stereocenters. The summed E-state index contributed by atoms with van der Waals surface area (Å²) >= 11 is 0. The third-order valence-electron chi connectivity index (χ3n) is 5.68. The number of nitrogens with two attached hydrogens (primary N) is 1. The van der Waals surface area contributed by atoms with Gasteiger partial charge in [0.2, 0.25) is 5.91 Å². The van der Waals surface area contributed by atoms with Gasteiger partial charge in [-0.05, 0) is 31.5 Å². The van der Waals surface area contributed by atoms with Gasteiger partial charge in [-0.1, -0.05) is 12.1 Å². The van der Waals surface area contributed by atoms with Crippen LogP contribution in [0, 0.1) is 13.8 Å². The normalized spacial score (nSPS) is 18.1. The van der Waals surface area contributed by atoms with Crippen LogP contribution < -0.4 is 20.7 Å². The molecule has 31 heavy (non-hydrogen) atoms. The monoisotopic (exact) mass is 424 g/mol. The Balaban J connectivity index is 1.40. The van der Waals surface area contributed by atoms with E-state index in [1.54, 1.807) is 36.9 Å². The van der Waals surface area contributed by atoms with Gasteiger partial charge in [0.15, 0.2) is 11.9 Å². The molecule has 10 nitrogen and oxygen atoms in total. The number of hydrogen-bond donors (Lipinski definition) is 2. The number of aromatic nitrogens is 2. The molecule has 0 bridgehead atoms. The van der Waals surface area contributed by atoms with Crippen LogP contribution in [0.5, 0.6) is 5.75 Å². The van der Waals surface area contributed by atoms with E-state index in [0.717, 1.165) is 0 Å². The first-order chi connectivity index (χ1) is 14.8. The van der Waals surface area contributed by atoms with Gasteiger partial charge in [0.25, 0.3) is 11.8 Å². The van der Waals surface area contributed by atoms with E-state index < -0.39 is 12.0 Å². The van der Waals surface area contributed by atoms with Gasteiger partial charge in [0.05, 0.1) is 23.4 Å². The second kappa shape index (κ2) is 8.21. The Bertz CT molecular complexity index is 1050. The van der Waals surface area contributed by atoms with Crippen molar-refractivity contribution in [3.63, 3.8) is 0 Å². The molecule has 10 heteroatoms. The van der Waals surface area contributed by atoms with E-state index in [2.05, 4.69) is 15.5 Å². The van der Waals surface area contributed by atoms with E-state index >= 15 is 0 Å². The van der Waals surface area contributed by atoms with Gasteiger partial charge in [-0.15, -0.1) is 5.10 Å². The van der Waals surface area contributed by atoms with Crippen molar-refractivity contribution in [2.24, 2.45) is 5.73 Å². The maximum atomic E-state index is 12.8. The minimum absolute atomic E-state index is 0.0455. The number of fused-ring (bicyclic) bond motifs is 1. The Morgan fingerprint density at radius 2 is 1.87 bits per heavy atom. The summed E-state index contributed by atoms with van der Waals surface area (Å²) in [6.07, 6.45) is -0.914. The van der Waals surface area contributed by atoms with Crippen LogP contribution in [0.3, 0.4) is 0 Å². The number of aryl methyl sites for hydroxylation is 1. The van der Waals surface area contributed by atoms with Crippen molar-refractivity contribution in [3.05, 3.63) is 41.1 Å². The van der Waals surface area contributed by atoms with Crippen LogP contribution in [-0.2, 0) is 9.59 Å². The second-order valence-corrected chi connectivity index (χ2v) is 7.64. The maximum absolute atomic E-state index is 12.8. The number of anilines is 2. The van der Waals surface area contributed by atoms with Gasteiger partial charge in [-0.2, -0.15) is 5.10 Å². The minimum Gasteiger partial charge on any atom is -0.478 e. The molecule has 1 aromatic heterocycles. The molecule has 3 amide bonds. The lowest BCUT2D eigenvalue weighted by atomic mass is 10.1. The molecule has 1 fully saturated rings. The number of carbonyl (C=O) groups is 3. The Morgan fingerprint density at radius 1 is 1.16 bits per heavy atom. The summed E-state index contributed by atoms with van der Waals surface area (Å²) in [6, 6.07) is 7.12. The average molecular weight is 424 g/mol. The van der Waals surface area contributed by atoms with Gasteiger partial charge in [-0.3, -0.25) is 14.4 Å². The summed E-state index contributed by atoms with van der Waals surface area (Å²) < 4.78 is 5.72. The summed E-state index contributed by atoms with van der Waals surface area (Å²) in [7, 11) is 0. The molecule has 3 N–H and O–H groups in total. The standard InChI is InChI=1S/C21H24N6O4/c1-12-13(2)24-25-20(18(12)19(22)29)27-9-7-26(8-10-27)17(28)11-16-21(30)23-14-5-3-4-6-15(14)31-16/h3-6,16H,7-11H2,1-2H3,(H2,22,29)(H,23,30). The van der Waals surface area contributed by atoms with Crippen molar-refractivity contribution < 1.29 is 19.1 Å². The zero-order chi connectivity index (χ0) is 22.1. The molecule has 1 unspecified atom stereocenters. The molecule has 3 heterocycles. The number of primary amides is 1. The molecule has 2 aliphatic rings. The fraction of sp³-hybridized carbons (Fsp3) is 0.381. The van der Waals surface area contributed by atoms with Gasteiger partial charge < -0.3 is 25.6 Å². The number of nitrogens with zero attached hydrogens (tertiary/aromatic N) is 4. The highest BCUT2D eigenvalue weighted by atomic mass is 16.5. The molecule has 0 radical (unpaired) electrons. The van der Waals surface area contributed by atoms with E-state index in [-0.39, 0.29) is 18.2 Å². The number of nitrogens with one attached hydrogen (secondary N) is 1. The van der Waals surface area contributed by atoms with Gasteiger partial charge in [-0.25, -0.2) is 0 Å². The molecule has 1 saturated heterocycles. The zero-order valence-electron chi connectivity index (χ0n) is 17.4. The molecule has 1 aromatic carbocycles. The highest BCUT2D eigenvalue weighted by Crippen LogP contribution is 2.30. The van der Waals surface area contributed by atoms with Crippen molar-refractivity contribution in [2.75, 3.05) is 36.4 Å². The lowest BCUT2D eigenvalue weighted by Crippen LogP contribution is -2.51. The van der Waals surface area contributed by atoms with Crippen LogP contribution in [0.4, 0.5) is 11.5 Å². The molecule has 0 spiro atoms. The number of amides is 3. The third kappa shape index (κ3) is 4.00. The minimum atomic E-state index is -0.868. The number of benzene rings is 1. The average Bonchev–Trinajstić information content (AvgIpc) is 2.76. The predicted octanol–water partition coefficient (Wildman–Crippen LogP) is 0.631. The molecular weight excluding hydrogens is 400 g/mol. The lowest BCUT2D eigenvalue weighted by molar-refractivity contribution is -0.137. The summed E-state index contributed by atoms with van der Waals surface area (Å²) in [6.45, 7) is 5.37. The first kappa shape index (κ1) is 20.6. The summed E-state index contributed by atoms with van der Waals surface area (Å²) in [5.74, 6) is -0.0567. The Kier molecular flexibility index (Phi) is 5.45. The van der Waals surface area contributed by atoms with Crippen LogP contribution in [0.1, 0.15) is 28.0 Å². The molecule has 162 valence electrons. The van der Waals surface area contributed by atoms with Crippen molar-refractivity contribution in [1.29, 1.82) is 0 Å². The molecule has 0 aliphatic carbocycles. The fourth-order valence-electron chi connectivity index (χ4n) is 3.79. The van der Waals surface area contributed by atoms with Crippen LogP contribution in [0.15, 0.2) is 24.3 Å². The van der Waals surface area contributed by atoms with Crippen molar-refractivity contribution in [2.45, 2.75) is 26.4 Å². The first-order valence-corrected chi connectivity index (χ1v) is 10.1. The van der Waals surface area contributed by atoms with E-state index in [9.17, 15) is 14.4 Å². The van der Waals surface area contributed by atoms with E-state index in [1.165, 1.54) is 0 Å². The van der Waals surface area contributed by atoms with E-state index in [0.29, 0.717) is 60.3 Å². The number of carbonyl (C=O) groups excluding carboxylic acids is 3. The summed E-state index contributed by atoms with van der Waals surface area (Å²) in [4.78, 5) is 40.6. The Hall–Kier alpha value is -3.69. The van der Waals surface area contributed by atoms with E-state index in [1.807, 2.05) is 11.0 Å². The Morgan fingerprint density at radius 3 is 2.58 bits per heavy atom. The summed E-state index contributed by atoms with van der Waals surface area (Å²) in [5.41, 5.74) is 7.89. The first-order valence-electron chi connectivity index (χ1n) is 10.1. The van der Waals surface area contributed by atoms with Gasteiger partial charge in [0, 0.05) is 26.2 Å². The number of piperazine rings is 1. The number of para-hydroxylation sites is 2. The van der Waals surface area contributed by atoms with Crippen LogP contribution in [-0.4, -0.2) is 65.1 Å². The number of hydrogen-bond acceptors (Lipinski definition) is 7. The molecular formula is C21H24N6O4. The SMILES string of the molecule is Cc1nnc(N2CCN(C(=O)CC3Oc4ccccc4NC3=O)CC2)c(C(N)=O)c1C.